The first-order chi connectivity index (χ1) is 22.6. The second kappa shape index (κ2) is 13.0. The molecule has 0 saturated carbocycles. The van der Waals surface area contributed by atoms with E-state index in [1.54, 1.807) is 24.7 Å². The predicted molar refractivity (Wildman–Crippen MR) is 173 cm³/mol. The number of ether oxygens (including phenoxy) is 1. The molecule has 1 saturated heterocycles. The van der Waals surface area contributed by atoms with Crippen molar-refractivity contribution in [3.8, 4) is 0 Å². The van der Waals surface area contributed by atoms with E-state index in [4.69, 9.17) is 9.72 Å². The number of anilines is 1. The lowest BCUT2D eigenvalue weighted by atomic mass is 9.71. The number of rotatable bonds is 8. The number of carbonyl (C=O) groups is 1. The number of likely N-dealkylation sites (tertiary alicyclic amines) is 1. The van der Waals surface area contributed by atoms with E-state index in [0.717, 1.165) is 22.8 Å². The lowest BCUT2D eigenvalue weighted by Gasteiger charge is -2.51. The molecule has 0 radical (unpaired) electrons. The summed E-state index contributed by atoms with van der Waals surface area (Å²) in [7, 11) is 1.83. The van der Waals surface area contributed by atoms with E-state index in [-0.39, 0.29) is 29.5 Å². The number of pyridine rings is 1. The van der Waals surface area contributed by atoms with E-state index >= 15 is 0 Å². The summed E-state index contributed by atoms with van der Waals surface area (Å²) in [5.41, 5.74) is 1.36. The number of nitrogens with zero attached hydrogens (tertiary/aromatic N) is 3. The van der Waals surface area contributed by atoms with E-state index in [2.05, 4.69) is 15.3 Å². The molecule has 7 nitrogen and oxygen atoms in total. The van der Waals surface area contributed by atoms with Crippen molar-refractivity contribution in [2.75, 3.05) is 18.9 Å². The van der Waals surface area contributed by atoms with Gasteiger partial charge in [0.05, 0.1) is 19.2 Å². The zero-order chi connectivity index (χ0) is 33.1. The smallest absolute Gasteiger partial charge is 0.415 e. The molecule has 242 valence electrons. The number of quaternary nitrogens is 1. The molecule has 6 rings (SSSR count). The molecule has 0 bridgehead atoms. The van der Waals surface area contributed by atoms with Crippen molar-refractivity contribution >= 4 is 11.9 Å². The Morgan fingerprint density at radius 1 is 1.00 bits per heavy atom. The topological polar surface area (TPSA) is 79.9 Å². The van der Waals surface area contributed by atoms with Gasteiger partial charge in [-0.3, -0.25) is 0 Å². The molecule has 5 aromatic rings. The molecular weight excluding hydrogens is 603 g/mol. The molecule has 2 N–H and O–H groups in total. The highest BCUT2D eigenvalue weighted by Crippen LogP contribution is 2.52. The maximum absolute atomic E-state index is 14.4. The van der Waals surface area contributed by atoms with Gasteiger partial charge in [-0.2, -0.15) is 18.0 Å². The SMILES string of the molecule is CC(Nc1cc(C2(c3ncc[nH]3)CC(c3cccc(C(F)(F)F)c3)CC[N+]2(C)C(=O)OCc2ccccc2)ccn1)c1ccccc1. The normalized spacial score (nSPS) is 21.9. The van der Waals surface area contributed by atoms with Crippen LogP contribution in [0, 0.1) is 0 Å². The van der Waals surface area contributed by atoms with Gasteiger partial charge in [-0.05, 0) is 47.7 Å². The van der Waals surface area contributed by atoms with Gasteiger partial charge in [0, 0.05) is 43.0 Å². The minimum absolute atomic E-state index is 0.0700. The summed E-state index contributed by atoms with van der Waals surface area (Å²) in [5, 5.41) is 3.48. The fourth-order valence-electron chi connectivity index (χ4n) is 6.80. The molecular formula is C37H37F3N5O2+. The van der Waals surface area contributed by atoms with Gasteiger partial charge >= 0.3 is 12.3 Å². The molecule has 3 heterocycles. The van der Waals surface area contributed by atoms with Crippen LogP contribution in [0.25, 0.3) is 0 Å². The summed E-state index contributed by atoms with van der Waals surface area (Å²) in [5.74, 6) is 0.792. The number of halogens is 3. The monoisotopic (exact) mass is 640 g/mol. The Labute approximate surface area is 272 Å². The van der Waals surface area contributed by atoms with Crippen LogP contribution in [-0.4, -0.2) is 39.1 Å². The quantitative estimate of drug-likeness (QED) is 0.166. The van der Waals surface area contributed by atoms with Crippen molar-refractivity contribution in [2.24, 2.45) is 0 Å². The molecule has 1 aliphatic heterocycles. The van der Waals surface area contributed by atoms with Crippen LogP contribution < -0.4 is 5.32 Å². The van der Waals surface area contributed by atoms with Crippen LogP contribution in [0.3, 0.4) is 0 Å². The molecule has 1 aliphatic rings. The maximum Gasteiger partial charge on any atom is 0.517 e. The van der Waals surface area contributed by atoms with Gasteiger partial charge in [0.1, 0.15) is 12.4 Å². The zero-order valence-electron chi connectivity index (χ0n) is 26.2. The predicted octanol–water partition coefficient (Wildman–Crippen LogP) is 8.60. The summed E-state index contributed by atoms with van der Waals surface area (Å²) in [4.78, 5) is 27.0. The lowest BCUT2D eigenvalue weighted by Crippen LogP contribution is -2.67. The van der Waals surface area contributed by atoms with Crippen molar-refractivity contribution in [2.45, 2.75) is 50.0 Å². The fourth-order valence-corrected chi connectivity index (χ4v) is 6.80. The minimum atomic E-state index is -4.48. The third-order valence-corrected chi connectivity index (χ3v) is 9.39. The number of amides is 1. The highest BCUT2D eigenvalue weighted by atomic mass is 19.4. The van der Waals surface area contributed by atoms with Gasteiger partial charge in [-0.15, -0.1) is 0 Å². The number of hydrogen-bond donors (Lipinski definition) is 2. The Bertz CT molecular complexity index is 1800. The number of aromatic amines is 1. The van der Waals surface area contributed by atoms with Gasteiger partial charge in [-0.25, -0.2) is 14.5 Å². The van der Waals surface area contributed by atoms with Gasteiger partial charge in [0.15, 0.2) is 11.4 Å². The zero-order valence-corrected chi connectivity index (χ0v) is 26.2. The number of benzene rings is 3. The van der Waals surface area contributed by atoms with E-state index in [1.165, 1.54) is 12.1 Å². The average Bonchev–Trinajstić information content (AvgIpc) is 3.64. The number of H-pyrrole nitrogens is 1. The van der Waals surface area contributed by atoms with Crippen LogP contribution in [0.5, 0.6) is 0 Å². The lowest BCUT2D eigenvalue weighted by molar-refractivity contribution is -0.900. The highest BCUT2D eigenvalue weighted by molar-refractivity contribution is 5.62. The first kappa shape index (κ1) is 32.0. The molecule has 1 fully saturated rings. The van der Waals surface area contributed by atoms with Crippen LogP contribution in [0.4, 0.5) is 23.8 Å². The number of carbonyl (C=O) groups excluding carboxylic acids is 1. The Balaban J connectivity index is 1.45. The molecule has 4 unspecified atom stereocenters. The van der Waals surface area contributed by atoms with Crippen LogP contribution in [-0.2, 0) is 23.1 Å². The van der Waals surface area contributed by atoms with Gasteiger partial charge < -0.3 is 15.0 Å². The third kappa shape index (κ3) is 6.38. The number of piperidine rings is 1. The Morgan fingerprint density at radius 3 is 2.45 bits per heavy atom. The summed E-state index contributed by atoms with van der Waals surface area (Å²) < 4.78 is 47.2. The van der Waals surface area contributed by atoms with Gasteiger partial charge in [0.25, 0.3) is 0 Å². The van der Waals surface area contributed by atoms with Crippen molar-refractivity contribution in [3.63, 3.8) is 0 Å². The van der Waals surface area contributed by atoms with Crippen molar-refractivity contribution < 1.29 is 27.2 Å². The summed E-state index contributed by atoms with van der Waals surface area (Å²) in [6.45, 7) is 2.41. The number of aromatic nitrogens is 3. The van der Waals surface area contributed by atoms with E-state index in [9.17, 15) is 18.0 Å². The van der Waals surface area contributed by atoms with E-state index in [1.807, 2.05) is 86.8 Å². The first-order valence-electron chi connectivity index (χ1n) is 15.6. The third-order valence-electron chi connectivity index (χ3n) is 9.39. The Hall–Kier alpha value is -4.96. The summed E-state index contributed by atoms with van der Waals surface area (Å²) >= 11 is 0. The van der Waals surface area contributed by atoms with Crippen molar-refractivity contribution in [1.82, 2.24) is 15.0 Å². The average molecular weight is 641 g/mol. The van der Waals surface area contributed by atoms with Gasteiger partial charge in [-0.1, -0.05) is 78.9 Å². The number of alkyl halides is 3. The molecule has 0 spiro atoms. The standard InChI is InChI=1S/C37H37F3N5O2/c1-26(28-12-7-4-8-13-28)44-33-23-31(16-18-41-33)36(34-42-19-20-43-34)24-30(29-14-9-15-32(22-29)37(38,39)40)17-21-45(36,2)35(46)47-25-27-10-5-3-6-11-27/h3-16,18-20,22-23,26,30H,17,21,24-25H2,1-2H3,(H,41,44)(H,42,43)/q+1. The van der Waals surface area contributed by atoms with Crippen LogP contribution in [0.15, 0.2) is 116 Å². The van der Waals surface area contributed by atoms with Crippen LogP contribution in [0.1, 0.15) is 65.4 Å². The number of imidazole rings is 1. The van der Waals surface area contributed by atoms with Crippen molar-refractivity contribution in [1.29, 1.82) is 0 Å². The minimum Gasteiger partial charge on any atom is -0.415 e. The highest BCUT2D eigenvalue weighted by Gasteiger charge is 2.62. The molecule has 4 atom stereocenters. The molecule has 10 heteroatoms. The van der Waals surface area contributed by atoms with Crippen molar-refractivity contribution in [3.05, 3.63) is 149 Å². The Morgan fingerprint density at radius 2 is 1.74 bits per heavy atom. The molecule has 1 amide bonds. The largest absolute Gasteiger partial charge is 0.517 e. The summed E-state index contributed by atoms with van der Waals surface area (Å²) in [6, 6.07) is 28.6. The molecule has 3 aromatic carbocycles. The van der Waals surface area contributed by atoms with Gasteiger partial charge in [0.2, 0.25) is 0 Å². The number of nitrogens with one attached hydrogen (secondary N) is 2. The maximum atomic E-state index is 14.4. The second-order valence-corrected chi connectivity index (χ2v) is 12.3. The molecule has 2 aromatic heterocycles. The van der Waals surface area contributed by atoms with E-state index in [0.29, 0.717) is 30.2 Å². The first-order valence-corrected chi connectivity index (χ1v) is 15.6. The van der Waals surface area contributed by atoms with E-state index < -0.39 is 23.4 Å². The fraction of sp³-hybridized carbons (Fsp3) is 0.270. The molecule has 47 heavy (non-hydrogen) atoms. The number of hydrogen-bond acceptors (Lipinski definition) is 5. The van der Waals surface area contributed by atoms with Crippen LogP contribution in [0.2, 0.25) is 0 Å². The Kier molecular flexibility index (Phi) is 8.88. The summed E-state index contributed by atoms with van der Waals surface area (Å²) in [6.07, 6.45) is 0.823. The van der Waals surface area contributed by atoms with Crippen LogP contribution >= 0.6 is 0 Å². The molecule has 0 aliphatic carbocycles. The second-order valence-electron chi connectivity index (χ2n) is 12.3.